The van der Waals surface area contributed by atoms with Gasteiger partial charge in [0.15, 0.2) is 0 Å². The lowest BCUT2D eigenvalue weighted by atomic mass is 11.8. The van der Waals surface area contributed by atoms with Crippen LogP contribution >= 0.6 is 27.4 Å². The maximum atomic E-state index is 11.4. The summed E-state index contributed by atoms with van der Waals surface area (Å²) in [5.74, 6) is 0. The molecule has 0 spiro atoms. The fourth-order valence-electron chi connectivity index (χ4n) is 0. The molecule has 0 N–H and O–H groups in total. The molecule has 0 aromatic rings. The SMILES string of the molecule is COP(=O)(F)I. The Bertz CT molecular complexity index is 77.6. The normalized spacial score (nSPS) is 19.8. The first-order chi connectivity index (χ1) is 2.56. The minimum Gasteiger partial charge on any atom is -0.302 e. The molecule has 5 heteroatoms. The summed E-state index contributed by atoms with van der Waals surface area (Å²) in [6.45, 7) is 0. The third-order valence-corrected chi connectivity index (χ3v) is 1.82. The van der Waals surface area contributed by atoms with Crippen LogP contribution in [-0.2, 0) is 9.09 Å². The summed E-state index contributed by atoms with van der Waals surface area (Å²) in [7, 11) is 1.06. The molecule has 0 aromatic carbocycles. The molecule has 0 aliphatic rings. The van der Waals surface area contributed by atoms with Gasteiger partial charge in [-0.05, 0) is 0 Å². The first kappa shape index (κ1) is 6.85. The van der Waals surface area contributed by atoms with Gasteiger partial charge in [0.2, 0.25) is 0 Å². The van der Waals surface area contributed by atoms with Crippen LogP contribution in [0.1, 0.15) is 0 Å². The monoisotopic (exact) mass is 224 g/mol. The molecule has 0 aliphatic heterocycles. The van der Waals surface area contributed by atoms with Gasteiger partial charge in [0.05, 0.1) is 22.0 Å². The average Bonchev–Trinajstić information content (AvgIpc) is 1.35. The van der Waals surface area contributed by atoms with Crippen LogP contribution in [0.4, 0.5) is 4.20 Å². The lowest BCUT2D eigenvalue weighted by Crippen LogP contribution is -1.60. The van der Waals surface area contributed by atoms with Gasteiger partial charge >= 0.3 is 5.32 Å². The van der Waals surface area contributed by atoms with Crippen LogP contribution in [0.2, 0.25) is 0 Å². The second-order valence-corrected chi connectivity index (χ2v) is 5.25. The molecule has 0 radical (unpaired) electrons. The molecule has 0 rings (SSSR count). The smallest absolute Gasteiger partial charge is 0.302 e. The van der Waals surface area contributed by atoms with E-state index in [0.717, 1.165) is 29.2 Å². The van der Waals surface area contributed by atoms with E-state index in [0.29, 0.717) is 0 Å². The molecule has 0 aromatic heterocycles. The summed E-state index contributed by atoms with van der Waals surface area (Å²) in [4.78, 5) is 0. The van der Waals surface area contributed by atoms with Crippen molar-refractivity contribution in [1.29, 1.82) is 0 Å². The molecular weight excluding hydrogens is 221 g/mol. The lowest BCUT2D eigenvalue weighted by molar-refractivity contribution is 0.378. The van der Waals surface area contributed by atoms with Crippen molar-refractivity contribution in [1.82, 2.24) is 0 Å². The van der Waals surface area contributed by atoms with E-state index in [1.54, 1.807) is 0 Å². The Balaban J connectivity index is 3.48. The van der Waals surface area contributed by atoms with Crippen LogP contribution in [0.3, 0.4) is 0 Å². The van der Waals surface area contributed by atoms with E-state index in [-0.39, 0.29) is 0 Å². The highest BCUT2D eigenvalue weighted by Gasteiger charge is 2.10. The second-order valence-electron chi connectivity index (χ2n) is 0.597. The zero-order valence-corrected chi connectivity index (χ0v) is 6.07. The third kappa shape index (κ3) is 4.85. The lowest BCUT2D eigenvalue weighted by Gasteiger charge is -1.89. The highest BCUT2D eigenvalue weighted by molar-refractivity contribution is 14.2. The minimum atomic E-state index is -3.68. The molecule has 0 saturated carbocycles. The summed E-state index contributed by atoms with van der Waals surface area (Å²) in [6, 6.07) is 0. The van der Waals surface area contributed by atoms with E-state index in [2.05, 4.69) is 4.52 Å². The van der Waals surface area contributed by atoms with Gasteiger partial charge in [-0.25, -0.2) is 4.57 Å². The van der Waals surface area contributed by atoms with Crippen LogP contribution in [0.5, 0.6) is 0 Å². The van der Waals surface area contributed by atoms with E-state index in [1.165, 1.54) is 0 Å². The number of hydrogen-bond acceptors (Lipinski definition) is 2. The van der Waals surface area contributed by atoms with Gasteiger partial charge in [0, 0.05) is 7.11 Å². The Morgan fingerprint density at radius 2 is 2.17 bits per heavy atom. The topological polar surface area (TPSA) is 26.3 Å². The Hall–Kier alpha value is 0.850. The molecule has 0 fully saturated rings. The fraction of sp³-hybridized carbons (Fsp3) is 1.00. The second kappa shape index (κ2) is 2.23. The van der Waals surface area contributed by atoms with Crippen molar-refractivity contribution in [2.45, 2.75) is 0 Å². The van der Waals surface area contributed by atoms with Crippen molar-refractivity contribution in [3.05, 3.63) is 0 Å². The largest absolute Gasteiger partial charge is 0.424 e. The van der Waals surface area contributed by atoms with E-state index in [4.69, 9.17) is 0 Å². The zero-order chi connectivity index (χ0) is 5.21. The van der Waals surface area contributed by atoms with Crippen molar-refractivity contribution in [2.24, 2.45) is 0 Å². The summed E-state index contributed by atoms with van der Waals surface area (Å²) in [6.07, 6.45) is 0. The first-order valence-corrected chi connectivity index (χ1v) is 5.41. The quantitative estimate of drug-likeness (QED) is 0.503. The summed E-state index contributed by atoms with van der Waals surface area (Å²) in [5, 5.41) is -3.68. The minimum absolute atomic E-state index is 1.06. The van der Waals surface area contributed by atoms with Crippen molar-refractivity contribution < 1.29 is 13.3 Å². The standard InChI is InChI=1S/CH3FIO2P/c1-5-6(2,3)4/h1H3. The van der Waals surface area contributed by atoms with E-state index < -0.39 is 5.32 Å². The maximum Gasteiger partial charge on any atom is 0.424 e. The van der Waals surface area contributed by atoms with E-state index >= 15 is 0 Å². The summed E-state index contributed by atoms with van der Waals surface area (Å²) in [5.41, 5.74) is 0. The van der Waals surface area contributed by atoms with Crippen LogP contribution < -0.4 is 0 Å². The van der Waals surface area contributed by atoms with Crippen molar-refractivity contribution in [2.75, 3.05) is 7.11 Å². The zero-order valence-electron chi connectivity index (χ0n) is 3.02. The summed E-state index contributed by atoms with van der Waals surface area (Å²) >= 11 is 1.11. The van der Waals surface area contributed by atoms with Gasteiger partial charge in [-0.3, -0.25) is 0 Å². The Morgan fingerprint density at radius 1 is 2.00 bits per heavy atom. The predicted molar refractivity (Wildman–Crippen MR) is 29.7 cm³/mol. The molecule has 0 saturated heterocycles. The Morgan fingerprint density at radius 3 is 2.17 bits per heavy atom. The Kier molecular flexibility index (Phi) is 2.55. The molecule has 0 heterocycles. The molecule has 0 aliphatic carbocycles. The van der Waals surface area contributed by atoms with Gasteiger partial charge in [-0.15, -0.1) is 4.20 Å². The Labute approximate surface area is 48.1 Å². The molecule has 1 unspecified atom stereocenters. The van der Waals surface area contributed by atoms with Gasteiger partial charge in [0.1, 0.15) is 0 Å². The molecule has 6 heavy (non-hydrogen) atoms. The van der Waals surface area contributed by atoms with Crippen molar-refractivity contribution in [3.8, 4) is 0 Å². The average molecular weight is 224 g/mol. The number of hydrogen-bond donors (Lipinski definition) is 0. The van der Waals surface area contributed by atoms with Crippen LogP contribution in [0.15, 0.2) is 0 Å². The predicted octanol–water partition coefficient (Wildman–Crippen LogP) is 2.15. The van der Waals surface area contributed by atoms with Crippen molar-refractivity contribution in [3.63, 3.8) is 0 Å². The summed E-state index contributed by atoms with van der Waals surface area (Å²) < 4.78 is 24.9. The van der Waals surface area contributed by atoms with Crippen LogP contribution in [0.25, 0.3) is 0 Å². The van der Waals surface area contributed by atoms with E-state index in [1.807, 2.05) is 0 Å². The van der Waals surface area contributed by atoms with Crippen LogP contribution in [0, 0.1) is 0 Å². The van der Waals surface area contributed by atoms with Gasteiger partial charge in [-0.2, -0.15) is 0 Å². The highest BCUT2D eigenvalue weighted by atomic mass is 127. The molecule has 0 bridgehead atoms. The molecule has 38 valence electrons. The van der Waals surface area contributed by atoms with Gasteiger partial charge < -0.3 is 4.52 Å². The first-order valence-electron chi connectivity index (χ1n) is 1.11. The highest BCUT2D eigenvalue weighted by Crippen LogP contribution is 2.56. The van der Waals surface area contributed by atoms with Gasteiger partial charge in [0.25, 0.3) is 0 Å². The fourth-order valence-corrected chi connectivity index (χ4v) is 0. The third-order valence-electron chi connectivity index (χ3n) is 0.213. The molecule has 2 nitrogen and oxygen atoms in total. The van der Waals surface area contributed by atoms with Crippen LogP contribution in [-0.4, -0.2) is 7.11 Å². The molecule has 1 atom stereocenters. The molecular formula is CH3FIO2P. The maximum absolute atomic E-state index is 11.4. The van der Waals surface area contributed by atoms with E-state index in [9.17, 15) is 8.76 Å². The van der Waals surface area contributed by atoms with Crippen molar-refractivity contribution >= 4 is 27.4 Å². The molecule has 0 amide bonds. The number of halogens is 2. The van der Waals surface area contributed by atoms with Gasteiger partial charge in [-0.1, -0.05) is 0 Å². The number of rotatable bonds is 1.